The first-order valence-corrected chi connectivity index (χ1v) is 10.9. The van der Waals surface area contributed by atoms with Crippen LogP contribution in [0.3, 0.4) is 0 Å². The van der Waals surface area contributed by atoms with E-state index in [2.05, 4.69) is 10.3 Å². The molecule has 0 saturated carbocycles. The number of aromatic nitrogens is 1. The van der Waals surface area contributed by atoms with Gasteiger partial charge in [-0.3, -0.25) is 9.78 Å². The third-order valence-electron chi connectivity index (χ3n) is 5.62. The normalized spacial score (nSPS) is 13.0. The van der Waals surface area contributed by atoms with Crippen LogP contribution in [-0.4, -0.2) is 16.1 Å². The number of carboxylic acids is 1. The molecule has 0 radical (unpaired) electrons. The summed E-state index contributed by atoms with van der Waals surface area (Å²) in [5.41, 5.74) is 10.6. The van der Waals surface area contributed by atoms with Crippen LogP contribution in [0.2, 0.25) is 5.02 Å². The van der Waals surface area contributed by atoms with Crippen LogP contribution in [0.5, 0.6) is 0 Å². The van der Waals surface area contributed by atoms with Crippen LogP contribution in [0.25, 0.3) is 22.0 Å². The number of aliphatic carboxylic acids is 1. The van der Waals surface area contributed by atoms with Crippen molar-refractivity contribution in [1.82, 2.24) is 4.98 Å². The number of nitrogens with two attached hydrogens (primary N) is 1. The van der Waals surface area contributed by atoms with E-state index in [9.17, 15) is 9.18 Å². The first-order valence-electron chi connectivity index (χ1n) is 10.5. The molecule has 1 aromatic heterocycles. The van der Waals surface area contributed by atoms with Crippen molar-refractivity contribution in [3.05, 3.63) is 94.9 Å². The SMILES string of the molecule is C[C@@H](Nc1c(Cl)cnc2ccc(-c3ccc(C(N)CC(=O)O)cc3)cc12)c1ccccc1F. The smallest absolute Gasteiger partial charge is 0.305 e. The van der Waals surface area contributed by atoms with E-state index in [0.717, 1.165) is 27.6 Å². The second-order valence-electron chi connectivity index (χ2n) is 7.93. The van der Waals surface area contributed by atoms with Crippen molar-refractivity contribution in [3.8, 4) is 11.1 Å². The van der Waals surface area contributed by atoms with Gasteiger partial charge in [-0.15, -0.1) is 0 Å². The lowest BCUT2D eigenvalue weighted by Crippen LogP contribution is -2.14. The number of hydrogen-bond acceptors (Lipinski definition) is 4. The summed E-state index contributed by atoms with van der Waals surface area (Å²) < 4.78 is 14.3. The van der Waals surface area contributed by atoms with Crippen molar-refractivity contribution in [2.75, 3.05) is 5.32 Å². The van der Waals surface area contributed by atoms with Gasteiger partial charge >= 0.3 is 5.97 Å². The largest absolute Gasteiger partial charge is 0.481 e. The van der Waals surface area contributed by atoms with E-state index in [0.29, 0.717) is 16.3 Å². The minimum absolute atomic E-state index is 0.130. The van der Waals surface area contributed by atoms with Crippen molar-refractivity contribution in [2.24, 2.45) is 5.73 Å². The number of rotatable bonds is 7. The molecule has 0 aliphatic carbocycles. The van der Waals surface area contributed by atoms with E-state index in [1.807, 2.05) is 49.4 Å². The van der Waals surface area contributed by atoms with E-state index in [1.165, 1.54) is 6.07 Å². The molecule has 1 heterocycles. The standard InChI is InChI=1S/C26H23ClFN3O2/c1-15(19-4-2-3-5-22(19)28)31-26-20-12-18(10-11-24(20)30-14-21(26)27)16-6-8-17(9-7-16)23(29)13-25(32)33/h2-12,14-15,23H,13,29H2,1H3,(H,30,31)(H,32,33)/t15-,23?/m1/s1. The molecular formula is C26H23ClFN3O2. The Morgan fingerprint density at radius 3 is 2.52 bits per heavy atom. The Balaban J connectivity index is 1.68. The van der Waals surface area contributed by atoms with Gasteiger partial charge in [0, 0.05) is 23.2 Å². The number of halogens is 2. The number of nitrogens with one attached hydrogen (secondary N) is 1. The molecule has 4 rings (SSSR count). The number of benzene rings is 3. The Morgan fingerprint density at radius 2 is 1.82 bits per heavy atom. The highest BCUT2D eigenvalue weighted by Crippen LogP contribution is 2.35. The predicted octanol–water partition coefficient (Wildman–Crippen LogP) is 6.34. The van der Waals surface area contributed by atoms with Crippen LogP contribution in [0, 0.1) is 5.82 Å². The van der Waals surface area contributed by atoms with Crippen LogP contribution in [-0.2, 0) is 4.79 Å². The van der Waals surface area contributed by atoms with Gasteiger partial charge in [0.2, 0.25) is 0 Å². The van der Waals surface area contributed by atoms with E-state index in [4.69, 9.17) is 22.4 Å². The van der Waals surface area contributed by atoms with Gasteiger partial charge in [0.1, 0.15) is 5.82 Å². The molecule has 4 N–H and O–H groups in total. The summed E-state index contributed by atoms with van der Waals surface area (Å²) in [6.07, 6.45) is 1.45. The lowest BCUT2D eigenvalue weighted by molar-refractivity contribution is -0.137. The zero-order valence-corrected chi connectivity index (χ0v) is 18.7. The summed E-state index contributed by atoms with van der Waals surface area (Å²) in [6, 6.07) is 19.1. The highest BCUT2D eigenvalue weighted by Gasteiger charge is 2.16. The molecule has 3 aromatic carbocycles. The summed E-state index contributed by atoms with van der Waals surface area (Å²) >= 11 is 6.49. The minimum Gasteiger partial charge on any atom is -0.481 e. The summed E-state index contributed by atoms with van der Waals surface area (Å²) in [4.78, 5) is 15.3. The number of carboxylic acid groups (broad SMARTS) is 1. The number of hydrogen-bond donors (Lipinski definition) is 3. The lowest BCUT2D eigenvalue weighted by Gasteiger charge is -2.19. The zero-order valence-electron chi connectivity index (χ0n) is 17.9. The fourth-order valence-electron chi connectivity index (χ4n) is 3.84. The second-order valence-corrected chi connectivity index (χ2v) is 8.33. The predicted molar refractivity (Wildman–Crippen MR) is 130 cm³/mol. The van der Waals surface area contributed by atoms with Gasteiger partial charge in [-0.2, -0.15) is 0 Å². The van der Waals surface area contributed by atoms with Crippen LogP contribution in [0.4, 0.5) is 10.1 Å². The van der Waals surface area contributed by atoms with Gasteiger partial charge in [0.05, 0.1) is 28.7 Å². The van der Waals surface area contributed by atoms with Crippen molar-refractivity contribution in [1.29, 1.82) is 0 Å². The maximum absolute atomic E-state index is 14.3. The average molecular weight is 464 g/mol. The highest BCUT2D eigenvalue weighted by atomic mass is 35.5. The molecule has 0 saturated heterocycles. The first kappa shape index (κ1) is 22.7. The molecular weight excluding hydrogens is 441 g/mol. The molecule has 0 bridgehead atoms. The summed E-state index contributed by atoms with van der Waals surface area (Å²) in [6.45, 7) is 1.88. The van der Waals surface area contributed by atoms with E-state index >= 15 is 0 Å². The highest BCUT2D eigenvalue weighted by molar-refractivity contribution is 6.34. The Bertz CT molecular complexity index is 1310. The maximum atomic E-state index is 14.3. The Morgan fingerprint density at radius 1 is 1.12 bits per heavy atom. The molecule has 2 atom stereocenters. The molecule has 168 valence electrons. The summed E-state index contributed by atoms with van der Waals surface area (Å²) in [5, 5.41) is 13.6. The van der Waals surface area contributed by atoms with Gasteiger partial charge in [-0.1, -0.05) is 60.1 Å². The molecule has 33 heavy (non-hydrogen) atoms. The molecule has 7 heteroatoms. The number of carbonyl (C=O) groups is 1. The van der Waals surface area contributed by atoms with E-state index in [-0.39, 0.29) is 18.3 Å². The molecule has 0 aliphatic rings. The Labute approximate surface area is 196 Å². The Kier molecular flexibility index (Phi) is 6.58. The number of anilines is 1. The molecule has 5 nitrogen and oxygen atoms in total. The van der Waals surface area contributed by atoms with Crippen molar-refractivity contribution in [3.63, 3.8) is 0 Å². The van der Waals surface area contributed by atoms with Crippen LogP contribution in [0.15, 0.2) is 72.9 Å². The monoisotopic (exact) mass is 463 g/mol. The van der Waals surface area contributed by atoms with E-state index < -0.39 is 12.0 Å². The van der Waals surface area contributed by atoms with Crippen molar-refractivity contribution in [2.45, 2.75) is 25.4 Å². The molecule has 0 spiro atoms. The topological polar surface area (TPSA) is 88.2 Å². The number of nitrogens with zero attached hydrogens (tertiary/aromatic N) is 1. The van der Waals surface area contributed by atoms with Gasteiger partial charge in [-0.25, -0.2) is 4.39 Å². The second kappa shape index (κ2) is 9.57. The summed E-state index contributed by atoms with van der Waals surface area (Å²) in [7, 11) is 0. The number of fused-ring (bicyclic) bond motifs is 1. The fourth-order valence-corrected chi connectivity index (χ4v) is 4.05. The minimum atomic E-state index is -0.935. The van der Waals surface area contributed by atoms with Crippen LogP contribution < -0.4 is 11.1 Å². The van der Waals surface area contributed by atoms with Gasteiger partial charge in [0.15, 0.2) is 0 Å². The lowest BCUT2D eigenvalue weighted by atomic mass is 9.98. The van der Waals surface area contributed by atoms with Crippen molar-refractivity contribution >= 4 is 34.2 Å². The van der Waals surface area contributed by atoms with Gasteiger partial charge in [0.25, 0.3) is 0 Å². The maximum Gasteiger partial charge on any atom is 0.305 e. The quantitative estimate of drug-likeness (QED) is 0.297. The molecule has 0 fully saturated rings. The van der Waals surface area contributed by atoms with E-state index in [1.54, 1.807) is 24.4 Å². The van der Waals surface area contributed by atoms with Crippen LogP contribution >= 0.6 is 11.6 Å². The first-order chi connectivity index (χ1) is 15.8. The van der Waals surface area contributed by atoms with Gasteiger partial charge in [-0.05, 0) is 41.8 Å². The Hall–Kier alpha value is -3.48. The average Bonchev–Trinajstić information content (AvgIpc) is 2.80. The molecule has 0 aliphatic heterocycles. The van der Waals surface area contributed by atoms with Crippen LogP contribution in [0.1, 0.15) is 36.6 Å². The fraction of sp³-hybridized carbons (Fsp3) is 0.154. The molecule has 4 aromatic rings. The number of pyridine rings is 1. The third-order valence-corrected chi connectivity index (χ3v) is 5.91. The zero-order chi connectivity index (χ0) is 23.5. The molecule has 0 amide bonds. The van der Waals surface area contributed by atoms with Gasteiger partial charge < -0.3 is 16.2 Å². The van der Waals surface area contributed by atoms with Crippen molar-refractivity contribution < 1.29 is 14.3 Å². The summed E-state index contributed by atoms with van der Waals surface area (Å²) in [5.74, 6) is -1.22. The molecule has 1 unspecified atom stereocenters. The third kappa shape index (κ3) is 4.97.